The normalized spacial score (nSPS) is 23.3. The number of aromatic nitrogens is 2. The first-order valence-electron chi connectivity index (χ1n) is 13.4. The van der Waals surface area contributed by atoms with E-state index in [1.54, 1.807) is 7.11 Å². The molecule has 1 aromatic carbocycles. The van der Waals surface area contributed by atoms with E-state index in [9.17, 15) is 4.79 Å². The number of hydrogen-bond acceptors (Lipinski definition) is 6. The lowest BCUT2D eigenvalue weighted by Crippen LogP contribution is -2.55. The van der Waals surface area contributed by atoms with Gasteiger partial charge in [0.1, 0.15) is 5.75 Å². The van der Waals surface area contributed by atoms with Crippen molar-refractivity contribution in [1.29, 1.82) is 0 Å². The van der Waals surface area contributed by atoms with Gasteiger partial charge in [0.15, 0.2) is 0 Å². The Morgan fingerprint density at radius 1 is 1.06 bits per heavy atom. The number of piperidine rings is 1. The summed E-state index contributed by atoms with van der Waals surface area (Å²) in [6, 6.07) is 8.07. The lowest BCUT2D eigenvalue weighted by atomic mass is 9.84. The zero-order valence-electron chi connectivity index (χ0n) is 22.0. The first-order valence-corrected chi connectivity index (χ1v) is 13.4. The summed E-state index contributed by atoms with van der Waals surface area (Å²) in [5, 5.41) is 0. The van der Waals surface area contributed by atoms with Crippen molar-refractivity contribution in [3.05, 3.63) is 47.8 Å². The van der Waals surface area contributed by atoms with Crippen molar-refractivity contribution in [3.63, 3.8) is 0 Å². The van der Waals surface area contributed by atoms with Gasteiger partial charge in [0, 0.05) is 51.2 Å². The summed E-state index contributed by atoms with van der Waals surface area (Å²) in [5.41, 5.74) is 2.34. The molecule has 1 amide bonds. The van der Waals surface area contributed by atoms with Gasteiger partial charge in [0.05, 0.1) is 19.6 Å². The maximum Gasteiger partial charge on any atom is 0.227 e. The summed E-state index contributed by atoms with van der Waals surface area (Å²) in [5.74, 6) is 4.42. The lowest BCUT2D eigenvalue weighted by Gasteiger charge is -2.45. The minimum absolute atomic E-state index is 0.223. The van der Waals surface area contributed by atoms with Crippen LogP contribution in [0.5, 0.6) is 5.75 Å². The van der Waals surface area contributed by atoms with Gasteiger partial charge in [-0.15, -0.1) is 0 Å². The van der Waals surface area contributed by atoms with Gasteiger partial charge in [-0.25, -0.2) is 9.97 Å². The van der Waals surface area contributed by atoms with Gasteiger partial charge >= 0.3 is 0 Å². The topological polar surface area (TPSA) is 67.8 Å². The maximum absolute atomic E-state index is 12.4. The minimum atomic E-state index is 0.223. The van der Waals surface area contributed by atoms with E-state index in [4.69, 9.17) is 9.47 Å². The van der Waals surface area contributed by atoms with Gasteiger partial charge in [-0.3, -0.25) is 4.79 Å². The number of rotatable bonds is 10. The molecule has 1 aromatic heterocycles. The van der Waals surface area contributed by atoms with Crippen LogP contribution < -0.4 is 9.64 Å². The lowest BCUT2D eigenvalue weighted by molar-refractivity contribution is -0.140. The second-order valence-electron chi connectivity index (χ2n) is 11.7. The molecule has 36 heavy (non-hydrogen) atoms. The summed E-state index contributed by atoms with van der Waals surface area (Å²) in [6.45, 7) is 9.54. The predicted molar refractivity (Wildman–Crippen MR) is 140 cm³/mol. The molecule has 2 saturated heterocycles. The summed E-state index contributed by atoms with van der Waals surface area (Å²) in [7, 11) is 1.69. The van der Waals surface area contributed by atoms with Crippen LogP contribution in [0, 0.1) is 23.2 Å². The molecule has 2 atom stereocenters. The number of amides is 1. The van der Waals surface area contributed by atoms with E-state index in [0.29, 0.717) is 13.0 Å². The molecule has 0 radical (unpaired) electrons. The number of likely N-dealkylation sites (tertiary alicyclic amines) is 1. The molecule has 2 unspecified atom stereocenters. The van der Waals surface area contributed by atoms with Crippen LogP contribution in [0.15, 0.2) is 36.7 Å². The van der Waals surface area contributed by atoms with Crippen molar-refractivity contribution in [1.82, 2.24) is 14.9 Å². The Morgan fingerprint density at radius 2 is 1.75 bits per heavy atom. The molecule has 5 rings (SSSR count). The summed E-state index contributed by atoms with van der Waals surface area (Å²) in [6.07, 6.45) is 9.13. The molecule has 7 nitrogen and oxygen atoms in total. The quantitative estimate of drug-likeness (QED) is 0.491. The van der Waals surface area contributed by atoms with Gasteiger partial charge in [-0.2, -0.15) is 0 Å². The van der Waals surface area contributed by atoms with Gasteiger partial charge in [-0.05, 0) is 66.5 Å². The van der Waals surface area contributed by atoms with Crippen molar-refractivity contribution in [2.45, 2.75) is 52.6 Å². The summed E-state index contributed by atoms with van der Waals surface area (Å²) >= 11 is 0. The van der Waals surface area contributed by atoms with Crippen LogP contribution in [0.1, 0.15) is 50.7 Å². The van der Waals surface area contributed by atoms with Gasteiger partial charge < -0.3 is 19.3 Å². The summed E-state index contributed by atoms with van der Waals surface area (Å²) in [4.78, 5) is 25.7. The Hall–Kier alpha value is -2.67. The maximum atomic E-state index is 12.4. The van der Waals surface area contributed by atoms with Crippen molar-refractivity contribution in [3.8, 4) is 5.75 Å². The Labute approximate surface area is 215 Å². The van der Waals surface area contributed by atoms with E-state index in [-0.39, 0.29) is 11.3 Å². The number of nitrogens with zero attached hydrogens (tertiary/aromatic N) is 4. The number of ether oxygens (including phenoxy) is 2. The molecule has 1 saturated carbocycles. The number of methoxy groups -OCH3 is 1. The Kier molecular flexibility index (Phi) is 7.47. The standard InChI is InChI=1S/C29H40N4O3/c1-29(2)19-33(20-29)27(34)14-21-4-6-25(7-5-21)36-13-10-24-15-26(24)23-8-11-32(12-9-23)28-30-16-22(17-31-28)18-35-3/h4-7,16-17,23-24,26H,8-15,18-20H2,1-3H3. The fraction of sp³-hybridized carbons (Fsp3) is 0.621. The fourth-order valence-corrected chi connectivity index (χ4v) is 5.94. The molecule has 3 heterocycles. The molecule has 0 bridgehead atoms. The van der Waals surface area contributed by atoms with E-state index < -0.39 is 0 Å². The highest BCUT2D eigenvalue weighted by Crippen LogP contribution is 2.49. The van der Waals surface area contributed by atoms with Crippen LogP contribution in [0.4, 0.5) is 5.95 Å². The molecular weight excluding hydrogens is 452 g/mol. The average Bonchev–Trinajstić information content (AvgIpc) is 3.64. The van der Waals surface area contributed by atoms with Crippen LogP contribution in [0.2, 0.25) is 0 Å². The smallest absolute Gasteiger partial charge is 0.227 e. The molecule has 3 fully saturated rings. The first kappa shape index (κ1) is 25.0. The SMILES string of the molecule is COCc1cnc(N2CCC(C3CC3CCOc3ccc(CC(=O)N4CC(C)(C)C4)cc3)CC2)nc1. The molecule has 2 aliphatic heterocycles. The number of carbonyl (C=O) groups excluding carboxylic acids is 1. The molecule has 2 aromatic rings. The number of carbonyl (C=O) groups is 1. The largest absolute Gasteiger partial charge is 0.494 e. The molecule has 0 N–H and O–H groups in total. The Balaban J connectivity index is 0.981. The van der Waals surface area contributed by atoms with E-state index in [1.807, 2.05) is 41.6 Å². The highest BCUT2D eigenvalue weighted by atomic mass is 16.5. The number of anilines is 1. The van der Waals surface area contributed by atoms with Crippen molar-refractivity contribution >= 4 is 11.9 Å². The van der Waals surface area contributed by atoms with Crippen LogP contribution in [-0.2, 0) is 22.6 Å². The van der Waals surface area contributed by atoms with E-state index in [1.165, 1.54) is 19.3 Å². The second-order valence-corrected chi connectivity index (χ2v) is 11.7. The minimum Gasteiger partial charge on any atom is -0.494 e. The second kappa shape index (κ2) is 10.8. The molecule has 7 heteroatoms. The third kappa shape index (κ3) is 6.17. The van der Waals surface area contributed by atoms with Gasteiger partial charge in [-0.1, -0.05) is 26.0 Å². The fourth-order valence-electron chi connectivity index (χ4n) is 5.94. The Bertz CT molecular complexity index is 1010. The van der Waals surface area contributed by atoms with E-state index >= 15 is 0 Å². The molecule has 3 aliphatic rings. The monoisotopic (exact) mass is 492 g/mol. The average molecular weight is 493 g/mol. The predicted octanol–water partition coefficient (Wildman–Crippen LogP) is 4.36. The zero-order chi connectivity index (χ0) is 25.1. The van der Waals surface area contributed by atoms with Crippen molar-refractivity contribution in [2.24, 2.45) is 23.2 Å². The van der Waals surface area contributed by atoms with Crippen LogP contribution in [0.25, 0.3) is 0 Å². The van der Waals surface area contributed by atoms with E-state index in [2.05, 4.69) is 28.7 Å². The Morgan fingerprint density at radius 3 is 2.39 bits per heavy atom. The van der Waals surface area contributed by atoms with Crippen molar-refractivity contribution in [2.75, 3.05) is 44.8 Å². The molecule has 194 valence electrons. The molecule has 1 aliphatic carbocycles. The highest BCUT2D eigenvalue weighted by molar-refractivity contribution is 5.79. The van der Waals surface area contributed by atoms with E-state index in [0.717, 1.165) is 79.8 Å². The highest BCUT2D eigenvalue weighted by Gasteiger charge is 2.43. The van der Waals surface area contributed by atoms with Gasteiger partial charge in [0.25, 0.3) is 0 Å². The number of benzene rings is 1. The van der Waals surface area contributed by atoms with Crippen LogP contribution >= 0.6 is 0 Å². The third-order valence-corrected chi connectivity index (χ3v) is 8.03. The van der Waals surface area contributed by atoms with Gasteiger partial charge in [0.2, 0.25) is 11.9 Å². The third-order valence-electron chi connectivity index (χ3n) is 8.03. The zero-order valence-corrected chi connectivity index (χ0v) is 22.0. The van der Waals surface area contributed by atoms with Crippen LogP contribution in [0.3, 0.4) is 0 Å². The number of hydrogen-bond donors (Lipinski definition) is 0. The first-order chi connectivity index (χ1) is 17.4. The molecule has 0 spiro atoms. The van der Waals surface area contributed by atoms with Crippen molar-refractivity contribution < 1.29 is 14.3 Å². The van der Waals surface area contributed by atoms with Crippen LogP contribution in [-0.4, -0.2) is 60.7 Å². The summed E-state index contributed by atoms with van der Waals surface area (Å²) < 4.78 is 11.2. The molecular formula is C29H40N4O3.